The highest BCUT2D eigenvalue weighted by atomic mass is 15.1. The van der Waals surface area contributed by atoms with E-state index >= 15 is 0 Å². The molecular weight excluding hydrogens is 234 g/mol. The van der Waals surface area contributed by atoms with Crippen molar-refractivity contribution in [2.75, 3.05) is 45.7 Å². The standard InChI is InChI=1S/C16H29N3/c1-14(2)12-17-9-10-19(5)13-15-7-6-8-16(11-15)18(3)4/h6-8,11,14,17H,9-10,12-13H2,1-5H3. The predicted octanol–water partition coefficient (Wildman–Crippen LogP) is 2.43. The van der Waals surface area contributed by atoms with E-state index in [1.54, 1.807) is 0 Å². The molecule has 0 aliphatic heterocycles. The normalized spacial score (nSPS) is 11.3. The van der Waals surface area contributed by atoms with Crippen molar-refractivity contribution in [2.24, 2.45) is 5.92 Å². The SMILES string of the molecule is CC(C)CNCCN(C)Cc1cccc(N(C)C)c1. The maximum Gasteiger partial charge on any atom is 0.0364 e. The summed E-state index contributed by atoms with van der Waals surface area (Å²) in [5.41, 5.74) is 2.64. The van der Waals surface area contributed by atoms with Gasteiger partial charge in [-0.3, -0.25) is 0 Å². The molecule has 0 aliphatic rings. The highest BCUT2D eigenvalue weighted by Gasteiger charge is 2.02. The van der Waals surface area contributed by atoms with Crippen LogP contribution in [-0.4, -0.2) is 45.7 Å². The molecule has 1 aromatic carbocycles. The molecule has 0 radical (unpaired) electrons. The van der Waals surface area contributed by atoms with E-state index in [-0.39, 0.29) is 0 Å². The molecule has 0 atom stereocenters. The predicted molar refractivity (Wildman–Crippen MR) is 84.8 cm³/mol. The second kappa shape index (κ2) is 8.18. The lowest BCUT2D eigenvalue weighted by atomic mass is 10.2. The van der Waals surface area contributed by atoms with Gasteiger partial charge in [-0.15, -0.1) is 0 Å². The molecule has 0 fully saturated rings. The van der Waals surface area contributed by atoms with Crippen LogP contribution >= 0.6 is 0 Å². The minimum atomic E-state index is 0.724. The van der Waals surface area contributed by atoms with Crippen molar-refractivity contribution in [3.8, 4) is 0 Å². The van der Waals surface area contributed by atoms with Gasteiger partial charge in [0.05, 0.1) is 0 Å². The maximum atomic E-state index is 3.48. The Bertz CT molecular complexity index is 361. The Morgan fingerprint density at radius 2 is 1.89 bits per heavy atom. The van der Waals surface area contributed by atoms with Gasteiger partial charge in [0, 0.05) is 39.4 Å². The van der Waals surface area contributed by atoms with E-state index < -0.39 is 0 Å². The van der Waals surface area contributed by atoms with E-state index in [0.717, 1.165) is 32.1 Å². The lowest BCUT2D eigenvalue weighted by Crippen LogP contribution is -2.30. The van der Waals surface area contributed by atoms with E-state index in [2.05, 4.69) is 74.4 Å². The Morgan fingerprint density at radius 3 is 2.53 bits per heavy atom. The summed E-state index contributed by atoms with van der Waals surface area (Å²) < 4.78 is 0. The quantitative estimate of drug-likeness (QED) is 0.727. The lowest BCUT2D eigenvalue weighted by Gasteiger charge is -2.19. The zero-order chi connectivity index (χ0) is 14.3. The third-order valence-electron chi connectivity index (χ3n) is 3.10. The summed E-state index contributed by atoms with van der Waals surface area (Å²) >= 11 is 0. The van der Waals surface area contributed by atoms with Gasteiger partial charge in [0.15, 0.2) is 0 Å². The molecule has 0 saturated heterocycles. The fraction of sp³-hybridized carbons (Fsp3) is 0.625. The summed E-state index contributed by atoms with van der Waals surface area (Å²) in [7, 11) is 6.34. The van der Waals surface area contributed by atoms with Crippen LogP contribution in [0.4, 0.5) is 5.69 Å². The zero-order valence-corrected chi connectivity index (χ0v) is 13.1. The molecule has 108 valence electrons. The van der Waals surface area contributed by atoms with E-state index in [1.807, 2.05) is 0 Å². The number of likely N-dealkylation sites (N-methyl/N-ethyl adjacent to an activating group) is 1. The minimum Gasteiger partial charge on any atom is -0.378 e. The molecule has 0 heterocycles. The summed E-state index contributed by atoms with van der Waals surface area (Å²) in [4.78, 5) is 4.51. The van der Waals surface area contributed by atoms with Crippen LogP contribution in [0.2, 0.25) is 0 Å². The molecule has 19 heavy (non-hydrogen) atoms. The van der Waals surface area contributed by atoms with Gasteiger partial charge in [0.1, 0.15) is 0 Å². The van der Waals surface area contributed by atoms with Crippen molar-refractivity contribution in [3.05, 3.63) is 29.8 Å². The van der Waals surface area contributed by atoms with Crippen molar-refractivity contribution >= 4 is 5.69 Å². The van der Waals surface area contributed by atoms with Gasteiger partial charge in [-0.05, 0) is 37.2 Å². The first-order chi connectivity index (χ1) is 8.99. The van der Waals surface area contributed by atoms with Gasteiger partial charge in [0.2, 0.25) is 0 Å². The first-order valence-electron chi connectivity index (χ1n) is 7.14. The van der Waals surface area contributed by atoms with Crippen LogP contribution in [0.25, 0.3) is 0 Å². The molecule has 3 heteroatoms. The smallest absolute Gasteiger partial charge is 0.0364 e. The topological polar surface area (TPSA) is 18.5 Å². The highest BCUT2D eigenvalue weighted by Crippen LogP contribution is 2.14. The monoisotopic (exact) mass is 263 g/mol. The number of rotatable bonds is 8. The molecule has 0 spiro atoms. The van der Waals surface area contributed by atoms with Gasteiger partial charge in [-0.25, -0.2) is 0 Å². The van der Waals surface area contributed by atoms with Crippen molar-refractivity contribution in [1.82, 2.24) is 10.2 Å². The number of anilines is 1. The van der Waals surface area contributed by atoms with Crippen molar-refractivity contribution < 1.29 is 0 Å². The van der Waals surface area contributed by atoms with Gasteiger partial charge in [0.25, 0.3) is 0 Å². The fourth-order valence-electron chi connectivity index (χ4n) is 1.98. The van der Waals surface area contributed by atoms with E-state index in [9.17, 15) is 0 Å². The summed E-state index contributed by atoms with van der Waals surface area (Å²) in [5.74, 6) is 0.724. The highest BCUT2D eigenvalue weighted by molar-refractivity contribution is 5.47. The molecule has 0 bridgehead atoms. The molecule has 0 amide bonds. The number of nitrogens with one attached hydrogen (secondary N) is 1. The molecule has 1 N–H and O–H groups in total. The summed E-state index contributed by atoms with van der Waals surface area (Å²) in [6.45, 7) is 8.73. The zero-order valence-electron chi connectivity index (χ0n) is 13.1. The second-order valence-electron chi connectivity index (χ2n) is 5.90. The molecule has 0 aromatic heterocycles. The number of nitrogens with zero attached hydrogens (tertiary/aromatic N) is 2. The van der Waals surface area contributed by atoms with Crippen molar-refractivity contribution in [2.45, 2.75) is 20.4 Å². The van der Waals surface area contributed by atoms with Crippen LogP contribution < -0.4 is 10.2 Å². The van der Waals surface area contributed by atoms with Crippen LogP contribution in [0.1, 0.15) is 19.4 Å². The Labute approximate surface area is 118 Å². The largest absolute Gasteiger partial charge is 0.378 e. The van der Waals surface area contributed by atoms with Gasteiger partial charge in [-0.2, -0.15) is 0 Å². The fourth-order valence-corrected chi connectivity index (χ4v) is 1.98. The van der Waals surface area contributed by atoms with Crippen molar-refractivity contribution in [3.63, 3.8) is 0 Å². The Hall–Kier alpha value is -1.06. The second-order valence-corrected chi connectivity index (χ2v) is 5.90. The first-order valence-corrected chi connectivity index (χ1v) is 7.14. The van der Waals surface area contributed by atoms with Gasteiger partial charge < -0.3 is 15.1 Å². The van der Waals surface area contributed by atoms with Crippen LogP contribution in [0.5, 0.6) is 0 Å². The molecule has 0 aliphatic carbocycles. The molecule has 0 saturated carbocycles. The number of benzene rings is 1. The lowest BCUT2D eigenvalue weighted by molar-refractivity contribution is 0.321. The van der Waals surface area contributed by atoms with E-state index in [1.165, 1.54) is 11.3 Å². The third kappa shape index (κ3) is 6.60. The van der Waals surface area contributed by atoms with Gasteiger partial charge >= 0.3 is 0 Å². The van der Waals surface area contributed by atoms with Gasteiger partial charge in [-0.1, -0.05) is 26.0 Å². The van der Waals surface area contributed by atoms with Crippen molar-refractivity contribution in [1.29, 1.82) is 0 Å². The van der Waals surface area contributed by atoms with Crippen LogP contribution in [0.15, 0.2) is 24.3 Å². The Balaban J connectivity index is 2.35. The molecule has 1 aromatic rings. The summed E-state index contributed by atoms with van der Waals surface area (Å²) in [6, 6.07) is 8.74. The minimum absolute atomic E-state index is 0.724. The average molecular weight is 263 g/mol. The van der Waals surface area contributed by atoms with Crippen LogP contribution in [0.3, 0.4) is 0 Å². The number of hydrogen-bond donors (Lipinski definition) is 1. The van der Waals surface area contributed by atoms with E-state index in [0.29, 0.717) is 0 Å². The molecule has 1 rings (SSSR count). The molecule has 0 unspecified atom stereocenters. The average Bonchev–Trinajstić information content (AvgIpc) is 2.34. The Morgan fingerprint density at radius 1 is 1.16 bits per heavy atom. The Kier molecular flexibility index (Phi) is 6.89. The summed E-state index contributed by atoms with van der Waals surface area (Å²) in [6.07, 6.45) is 0. The van der Waals surface area contributed by atoms with Crippen LogP contribution in [0, 0.1) is 5.92 Å². The number of hydrogen-bond acceptors (Lipinski definition) is 3. The summed E-state index contributed by atoms with van der Waals surface area (Å²) in [5, 5.41) is 3.48. The first kappa shape index (κ1) is 16.0. The van der Waals surface area contributed by atoms with Crippen LogP contribution in [-0.2, 0) is 6.54 Å². The maximum absolute atomic E-state index is 3.48. The third-order valence-corrected chi connectivity index (χ3v) is 3.10. The molecular formula is C16H29N3. The molecule has 3 nitrogen and oxygen atoms in total. The van der Waals surface area contributed by atoms with E-state index in [4.69, 9.17) is 0 Å².